The monoisotopic (exact) mass is 262 g/mol. The lowest BCUT2D eigenvalue weighted by Gasteiger charge is -2.19. The molecule has 1 aliphatic heterocycles. The van der Waals surface area contributed by atoms with Gasteiger partial charge in [-0.2, -0.15) is 0 Å². The van der Waals surface area contributed by atoms with Gasteiger partial charge in [-0.3, -0.25) is 0 Å². The molecule has 0 spiro atoms. The van der Waals surface area contributed by atoms with E-state index in [1.165, 1.54) is 0 Å². The highest BCUT2D eigenvalue weighted by molar-refractivity contribution is 5.95. The average molecular weight is 262 g/mol. The second-order valence-corrected chi connectivity index (χ2v) is 4.33. The Morgan fingerprint density at radius 3 is 3.00 bits per heavy atom. The number of rotatable bonds is 5. The van der Waals surface area contributed by atoms with Crippen molar-refractivity contribution in [3.8, 4) is 11.5 Å². The standard InChI is InChI=1S/C15H18O4/c1-3-4-8-18-15(16)12-9-11-6-5-7-13(17-2)14(11)19-10-12/h5-7,9H,3-4,8,10H2,1-2H3. The van der Waals surface area contributed by atoms with Crippen molar-refractivity contribution < 1.29 is 19.0 Å². The van der Waals surface area contributed by atoms with Crippen LogP contribution in [0.2, 0.25) is 0 Å². The Morgan fingerprint density at radius 2 is 2.26 bits per heavy atom. The van der Waals surface area contributed by atoms with E-state index in [9.17, 15) is 4.79 Å². The van der Waals surface area contributed by atoms with E-state index in [1.54, 1.807) is 13.2 Å². The molecule has 1 aromatic carbocycles. The molecule has 0 saturated carbocycles. The number of unbranched alkanes of at least 4 members (excludes halogenated alkanes) is 1. The molecule has 1 aliphatic rings. The Hall–Kier alpha value is -1.97. The second-order valence-electron chi connectivity index (χ2n) is 4.33. The summed E-state index contributed by atoms with van der Waals surface area (Å²) in [5, 5.41) is 0. The van der Waals surface area contributed by atoms with Crippen molar-refractivity contribution in [2.75, 3.05) is 20.3 Å². The Balaban J connectivity index is 2.13. The molecule has 0 amide bonds. The molecular formula is C15H18O4. The van der Waals surface area contributed by atoms with Crippen molar-refractivity contribution in [3.63, 3.8) is 0 Å². The summed E-state index contributed by atoms with van der Waals surface area (Å²) in [6.07, 6.45) is 3.68. The highest BCUT2D eigenvalue weighted by atomic mass is 16.5. The van der Waals surface area contributed by atoms with Gasteiger partial charge >= 0.3 is 5.97 Å². The quantitative estimate of drug-likeness (QED) is 0.604. The van der Waals surface area contributed by atoms with Gasteiger partial charge in [-0.05, 0) is 18.6 Å². The molecule has 0 saturated heterocycles. The van der Waals surface area contributed by atoms with Crippen molar-refractivity contribution in [1.82, 2.24) is 0 Å². The van der Waals surface area contributed by atoms with E-state index < -0.39 is 0 Å². The van der Waals surface area contributed by atoms with Gasteiger partial charge < -0.3 is 14.2 Å². The van der Waals surface area contributed by atoms with Gasteiger partial charge in [0.1, 0.15) is 6.61 Å². The first kappa shape index (κ1) is 13.5. The fourth-order valence-electron chi connectivity index (χ4n) is 1.86. The lowest BCUT2D eigenvalue weighted by molar-refractivity contribution is -0.139. The maximum absolute atomic E-state index is 11.8. The van der Waals surface area contributed by atoms with Crippen LogP contribution in [0.15, 0.2) is 23.8 Å². The van der Waals surface area contributed by atoms with Crippen LogP contribution in [0.25, 0.3) is 6.08 Å². The lowest BCUT2D eigenvalue weighted by Crippen LogP contribution is -2.18. The van der Waals surface area contributed by atoms with Crippen molar-refractivity contribution in [2.24, 2.45) is 0 Å². The molecule has 4 nitrogen and oxygen atoms in total. The SMILES string of the molecule is CCCCOC(=O)C1=Cc2cccc(OC)c2OC1. The van der Waals surface area contributed by atoms with Gasteiger partial charge in [0.05, 0.1) is 19.3 Å². The Bertz CT molecular complexity index is 491. The van der Waals surface area contributed by atoms with E-state index in [-0.39, 0.29) is 12.6 Å². The number of esters is 1. The van der Waals surface area contributed by atoms with Gasteiger partial charge in [-0.25, -0.2) is 4.79 Å². The van der Waals surface area contributed by atoms with Crippen LogP contribution in [-0.4, -0.2) is 26.3 Å². The van der Waals surface area contributed by atoms with Gasteiger partial charge in [0.2, 0.25) is 0 Å². The van der Waals surface area contributed by atoms with Crippen LogP contribution in [0.5, 0.6) is 11.5 Å². The molecule has 0 fully saturated rings. The Kier molecular flexibility index (Phi) is 4.44. The minimum atomic E-state index is -0.304. The van der Waals surface area contributed by atoms with Crippen molar-refractivity contribution in [3.05, 3.63) is 29.3 Å². The molecule has 4 heteroatoms. The first-order valence-electron chi connectivity index (χ1n) is 6.43. The number of ether oxygens (including phenoxy) is 3. The first-order valence-corrected chi connectivity index (χ1v) is 6.43. The molecular weight excluding hydrogens is 244 g/mol. The van der Waals surface area contributed by atoms with Gasteiger partial charge in [-0.1, -0.05) is 25.5 Å². The van der Waals surface area contributed by atoms with Gasteiger partial charge in [0.15, 0.2) is 11.5 Å². The maximum atomic E-state index is 11.8. The molecule has 102 valence electrons. The van der Waals surface area contributed by atoms with E-state index in [1.807, 2.05) is 18.2 Å². The van der Waals surface area contributed by atoms with Crippen LogP contribution in [-0.2, 0) is 9.53 Å². The van der Waals surface area contributed by atoms with E-state index >= 15 is 0 Å². The third-order valence-electron chi connectivity index (χ3n) is 2.92. The number of para-hydroxylation sites is 1. The summed E-state index contributed by atoms with van der Waals surface area (Å²) in [4.78, 5) is 11.8. The van der Waals surface area contributed by atoms with Crippen LogP contribution in [0.3, 0.4) is 0 Å². The number of hydrogen-bond donors (Lipinski definition) is 0. The molecule has 0 bridgehead atoms. The summed E-state index contributed by atoms with van der Waals surface area (Å²) in [6.45, 7) is 2.73. The van der Waals surface area contributed by atoms with Crippen LogP contribution >= 0.6 is 0 Å². The van der Waals surface area contributed by atoms with E-state index in [2.05, 4.69) is 6.92 Å². The molecule has 0 radical (unpaired) electrons. The molecule has 2 rings (SSSR count). The van der Waals surface area contributed by atoms with Crippen molar-refractivity contribution in [2.45, 2.75) is 19.8 Å². The molecule has 19 heavy (non-hydrogen) atoms. The zero-order valence-corrected chi connectivity index (χ0v) is 11.3. The Morgan fingerprint density at radius 1 is 1.42 bits per heavy atom. The third-order valence-corrected chi connectivity index (χ3v) is 2.92. The van der Waals surface area contributed by atoms with E-state index in [4.69, 9.17) is 14.2 Å². The first-order chi connectivity index (χ1) is 9.26. The lowest BCUT2D eigenvalue weighted by atomic mass is 10.1. The van der Waals surface area contributed by atoms with Crippen LogP contribution in [0.1, 0.15) is 25.3 Å². The summed E-state index contributed by atoms with van der Waals surface area (Å²) in [6, 6.07) is 5.58. The topological polar surface area (TPSA) is 44.8 Å². The van der Waals surface area contributed by atoms with Gasteiger partial charge in [0.25, 0.3) is 0 Å². The zero-order valence-electron chi connectivity index (χ0n) is 11.3. The predicted octanol–water partition coefficient (Wildman–Crippen LogP) is 2.81. The number of fused-ring (bicyclic) bond motifs is 1. The van der Waals surface area contributed by atoms with E-state index in [0.717, 1.165) is 18.4 Å². The minimum absolute atomic E-state index is 0.221. The third kappa shape index (κ3) is 3.08. The van der Waals surface area contributed by atoms with Crippen LogP contribution in [0.4, 0.5) is 0 Å². The Labute approximate surface area is 113 Å². The highest BCUT2D eigenvalue weighted by Crippen LogP contribution is 2.35. The minimum Gasteiger partial charge on any atom is -0.493 e. The number of methoxy groups -OCH3 is 1. The predicted molar refractivity (Wildman–Crippen MR) is 72.3 cm³/mol. The average Bonchev–Trinajstić information content (AvgIpc) is 2.46. The van der Waals surface area contributed by atoms with E-state index in [0.29, 0.717) is 23.7 Å². The van der Waals surface area contributed by atoms with Crippen molar-refractivity contribution in [1.29, 1.82) is 0 Å². The van der Waals surface area contributed by atoms with Crippen molar-refractivity contribution >= 4 is 12.0 Å². The summed E-state index contributed by atoms with van der Waals surface area (Å²) in [5.41, 5.74) is 1.38. The molecule has 1 heterocycles. The summed E-state index contributed by atoms with van der Waals surface area (Å²) >= 11 is 0. The number of carbonyl (C=O) groups excluding carboxylic acids is 1. The van der Waals surface area contributed by atoms with Gasteiger partial charge in [-0.15, -0.1) is 0 Å². The normalized spacial score (nSPS) is 13.1. The highest BCUT2D eigenvalue weighted by Gasteiger charge is 2.20. The largest absolute Gasteiger partial charge is 0.493 e. The molecule has 0 N–H and O–H groups in total. The smallest absolute Gasteiger partial charge is 0.337 e. The zero-order chi connectivity index (χ0) is 13.7. The molecule has 0 unspecified atom stereocenters. The van der Waals surface area contributed by atoms with Crippen LogP contribution < -0.4 is 9.47 Å². The number of hydrogen-bond acceptors (Lipinski definition) is 4. The molecule has 0 aliphatic carbocycles. The fourth-order valence-corrected chi connectivity index (χ4v) is 1.86. The van der Waals surface area contributed by atoms with Crippen LogP contribution in [0, 0.1) is 0 Å². The molecule has 1 aromatic rings. The molecule has 0 atom stereocenters. The fraction of sp³-hybridized carbons (Fsp3) is 0.400. The summed E-state index contributed by atoms with van der Waals surface area (Å²) in [5.74, 6) is 1.05. The maximum Gasteiger partial charge on any atom is 0.337 e. The number of carbonyl (C=O) groups is 1. The number of benzene rings is 1. The second kappa shape index (κ2) is 6.27. The summed E-state index contributed by atoms with van der Waals surface area (Å²) < 4.78 is 16.0. The summed E-state index contributed by atoms with van der Waals surface area (Å²) in [7, 11) is 1.59. The van der Waals surface area contributed by atoms with Gasteiger partial charge in [0, 0.05) is 5.56 Å². The molecule has 0 aromatic heterocycles.